The van der Waals surface area contributed by atoms with Crippen LogP contribution in [-0.4, -0.2) is 49.9 Å². The van der Waals surface area contributed by atoms with Gasteiger partial charge in [-0.3, -0.25) is 14.5 Å². The van der Waals surface area contributed by atoms with E-state index in [1.807, 2.05) is 0 Å². The minimum Gasteiger partial charge on any atom is -0.490 e. The van der Waals surface area contributed by atoms with Gasteiger partial charge in [0.1, 0.15) is 22.7 Å². The molecule has 0 saturated carbocycles. The Bertz CT molecular complexity index is 803. The molecule has 1 saturated heterocycles. The molecule has 2 N–H and O–H groups in total. The van der Waals surface area contributed by atoms with Crippen molar-refractivity contribution in [2.45, 2.75) is 18.9 Å². The largest absolute Gasteiger partial charge is 0.490 e. The molecular weight excluding hydrogens is 390 g/mol. The number of thiocarbonyl (C=S) groups is 1. The smallest absolute Gasteiger partial charge is 0.326 e. The van der Waals surface area contributed by atoms with Gasteiger partial charge in [0, 0.05) is 6.42 Å². The van der Waals surface area contributed by atoms with E-state index in [0.29, 0.717) is 12.4 Å². The Hall–Kier alpha value is -2.65. The van der Waals surface area contributed by atoms with Gasteiger partial charge in [0.2, 0.25) is 0 Å². The zero-order chi connectivity index (χ0) is 20.0. The molecule has 9 heteroatoms. The number of thioether (sulfide) groups is 1. The highest BCUT2D eigenvalue weighted by Gasteiger charge is 2.40. The Morgan fingerprint density at radius 2 is 1.96 bits per heavy atom. The quantitative estimate of drug-likeness (QED) is 0.366. The lowest BCUT2D eigenvalue weighted by atomic mass is 10.1. The number of ether oxygens (including phenoxy) is 1. The lowest BCUT2D eigenvalue weighted by molar-refractivity contribution is -0.146. The predicted octanol–water partition coefficient (Wildman–Crippen LogP) is 2.77. The van der Waals surface area contributed by atoms with E-state index in [-0.39, 0.29) is 22.1 Å². The fourth-order valence-electron chi connectivity index (χ4n) is 2.34. The van der Waals surface area contributed by atoms with Crippen LogP contribution in [0.25, 0.3) is 6.08 Å². The van der Waals surface area contributed by atoms with E-state index in [1.165, 1.54) is 0 Å². The first-order valence-electron chi connectivity index (χ1n) is 7.89. The minimum atomic E-state index is -1.31. The summed E-state index contributed by atoms with van der Waals surface area (Å²) in [4.78, 5) is 36.1. The number of nitrogens with zero attached hydrogens (tertiary/aromatic N) is 1. The molecule has 2 rings (SSSR count). The van der Waals surface area contributed by atoms with E-state index in [9.17, 15) is 19.5 Å². The van der Waals surface area contributed by atoms with E-state index in [2.05, 4.69) is 6.58 Å². The molecule has 0 aliphatic carbocycles. The number of carboxylic acids is 2. The van der Waals surface area contributed by atoms with Crippen LogP contribution in [0.1, 0.15) is 18.4 Å². The van der Waals surface area contributed by atoms with Gasteiger partial charge in [0.05, 0.1) is 4.91 Å². The first-order chi connectivity index (χ1) is 12.8. The van der Waals surface area contributed by atoms with Crippen LogP contribution in [0.2, 0.25) is 0 Å². The second-order valence-corrected chi connectivity index (χ2v) is 7.18. The second kappa shape index (κ2) is 9.33. The number of amides is 1. The van der Waals surface area contributed by atoms with Crippen molar-refractivity contribution >= 4 is 52.2 Å². The van der Waals surface area contributed by atoms with Crippen LogP contribution < -0.4 is 4.74 Å². The van der Waals surface area contributed by atoms with Crippen molar-refractivity contribution in [1.29, 1.82) is 0 Å². The molecule has 0 bridgehead atoms. The van der Waals surface area contributed by atoms with Crippen LogP contribution in [-0.2, 0) is 14.4 Å². The van der Waals surface area contributed by atoms with E-state index >= 15 is 0 Å². The van der Waals surface area contributed by atoms with Gasteiger partial charge in [-0.15, -0.1) is 0 Å². The fraction of sp³-hybridized carbons (Fsp3) is 0.222. The fourth-order valence-corrected chi connectivity index (χ4v) is 3.70. The monoisotopic (exact) mass is 407 g/mol. The molecule has 1 unspecified atom stereocenters. The number of hydrogen-bond donors (Lipinski definition) is 2. The summed E-state index contributed by atoms with van der Waals surface area (Å²) in [5, 5.41) is 18.1. The molecule has 1 aliphatic rings. The van der Waals surface area contributed by atoms with Crippen molar-refractivity contribution in [2.24, 2.45) is 0 Å². The molecule has 0 aromatic heterocycles. The van der Waals surface area contributed by atoms with Crippen LogP contribution in [0.5, 0.6) is 5.75 Å². The van der Waals surface area contributed by atoms with Gasteiger partial charge in [-0.25, -0.2) is 4.79 Å². The number of hydrogen-bond acceptors (Lipinski definition) is 6. The number of carbonyl (C=O) groups is 3. The lowest BCUT2D eigenvalue weighted by Gasteiger charge is -2.22. The van der Waals surface area contributed by atoms with Crippen molar-refractivity contribution in [3.8, 4) is 5.75 Å². The van der Waals surface area contributed by atoms with Crippen molar-refractivity contribution in [3.05, 3.63) is 47.4 Å². The van der Waals surface area contributed by atoms with E-state index < -0.39 is 23.9 Å². The molecule has 27 heavy (non-hydrogen) atoms. The van der Waals surface area contributed by atoms with Crippen molar-refractivity contribution < 1.29 is 29.3 Å². The van der Waals surface area contributed by atoms with Gasteiger partial charge in [-0.1, -0.05) is 48.8 Å². The number of carbonyl (C=O) groups excluding carboxylic acids is 1. The molecule has 142 valence electrons. The number of carboxylic acid groups (broad SMARTS) is 2. The molecule has 7 nitrogen and oxygen atoms in total. The third kappa shape index (κ3) is 5.41. The summed E-state index contributed by atoms with van der Waals surface area (Å²) in [6.45, 7) is 3.95. The van der Waals surface area contributed by atoms with Crippen molar-refractivity contribution in [2.75, 3.05) is 6.61 Å². The topological polar surface area (TPSA) is 104 Å². The molecule has 1 aliphatic heterocycles. The Kier molecular flexibility index (Phi) is 7.14. The molecule has 1 heterocycles. The summed E-state index contributed by atoms with van der Waals surface area (Å²) in [6.07, 6.45) is 2.63. The molecule has 1 amide bonds. The van der Waals surface area contributed by atoms with Crippen molar-refractivity contribution in [3.63, 3.8) is 0 Å². The summed E-state index contributed by atoms with van der Waals surface area (Å²) in [5.74, 6) is -2.33. The maximum Gasteiger partial charge on any atom is 0.326 e. The summed E-state index contributed by atoms with van der Waals surface area (Å²) in [7, 11) is 0. The first-order valence-corrected chi connectivity index (χ1v) is 9.11. The molecule has 0 radical (unpaired) electrons. The molecule has 1 aromatic rings. The lowest BCUT2D eigenvalue weighted by Crippen LogP contribution is -2.44. The van der Waals surface area contributed by atoms with Gasteiger partial charge < -0.3 is 14.9 Å². The van der Waals surface area contributed by atoms with Crippen LogP contribution in [0.3, 0.4) is 0 Å². The zero-order valence-corrected chi connectivity index (χ0v) is 15.8. The number of benzene rings is 1. The second-order valence-electron chi connectivity index (χ2n) is 5.51. The van der Waals surface area contributed by atoms with Gasteiger partial charge in [-0.2, -0.15) is 0 Å². The predicted molar refractivity (Wildman–Crippen MR) is 105 cm³/mol. The Morgan fingerprint density at radius 3 is 2.52 bits per heavy atom. The van der Waals surface area contributed by atoms with E-state index in [1.54, 1.807) is 36.4 Å². The SMILES string of the molecule is C=CCOc1ccc(/C=C2\SC(=S)N(C(CCC(=O)O)C(=O)O)C2=O)cc1. The third-order valence-corrected chi connectivity index (χ3v) is 4.93. The Labute approximate surface area is 165 Å². The van der Waals surface area contributed by atoms with Gasteiger partial charge in [0.25, 0.3) is 5.91 Å². The van der Waals surface area contributed by atoms with Crippen LogP contribution in [0, 0.1) is 0 Å². The highest BCUT2D eigenvalue weighted by atomic mass is 32.2. The average molecular weight is 407 g/mol. The standard InChI is InChI=1S/C18H17NO6S2/c1-2-9-25-12-5-3-11(4-6-12)10-14-16(22)19(18(26)27-14)13(17(23)24)7-8-15(20)21/h2-6,10,13H,1,7-9H2,(H,20,21)(H,23,24)/b14-10-. The van der Waals surface area contributed by atoms with E-state index in [0.717, 1.165) is 22.2 Å². The van der Waals surface area contributed by atoms with Gasteiger partial charge in [-0.05, 0) is 30.2 Å². The summed E-state index contributed by atoms with van der Waals surface area (Å²) in [6, 6.07) is 5.68. The Balaban J connectivity index is 2.18. The molecule has 1 atom stereocenters. The summed E-state index contributed by atoms with van der Waals surface area (Å²) < 4.78 is 5.48. The Morgan fingerprint density at radius 1 is 1.30 bits per heavy atom. The zero-order valence-electron chi connectivity index (χ0n) is 14.2. The summed E-state index contributed by atoms with van der Waals surface area (Å²) >= 11 is 6.13. The maximum atomic E-state index is 12.6. The van der Waals surface area contributed by atoms with Crippen LogP contribution in [0.15, 0.2) is 41.8 Å². The number of aliphatic carboxylic acids is 2. The van der Waals surface area contributed by atoms with E-state index in [4.69, 9.17) is 22.1 Å². The molecule has 1 fully saturated rings. The highest BCUT2D eigenvalue weighted by molar-refractivity contribution is 8.26. The van der Waals surface area contributed by atoms with Gasteiger partial charge in [0.15, 0.2) is 0 Å². The van der Waals surface area contributed by atoms with Crippen molar-refractivity contribution in [1.82, 2.24) is 4.90 Å². The molecule has 0 spiro atoms. The van der Waals surface area contributed by atoms with Gasteiger partial charge >= 0.3 is 11.9 Å². The molecular formula is C18H17NO6S2. The average Bonchev–Trinajstić information content (AvgIpc) is 2.88. The molecule has 1 aromatic carbocycles. The van der Waals surface area contributed by atoms with Crippen LogP contribution in [0.4, 0.5) is 0 Å². The highest BCUT2D eigenvalue weighted by Crippen LogP contribution is 2.35. The minimum absolute atomic E-state index is 0.0926. The first kappa shape index (κ1) is 20.7. The normalized spacial score (nSPS) is 16.4. The number of rotatable bonds is 9. The maximum absolute atomic E-state index is 12.6. The third-order valence-electron chi connectivity index (χ3n) is 3.60. The van der Waals surface area contributed by atoms with Crippen LogP contribution >= 0.6 is 24.0 Å². The summed E-state index contributed by atoms with van der Waals surface area (Å²) in [5.41, 5.74) is 0.721.